The van der Waals surface area contributed by atoms with Crippen molar-refractivity contribution in [3.63, 3.8) is 0 Å². The van der Waals surface area contributed by atoms with Gasteiger partial charge in [-0.2, -0.15) is 0 Å². The largest absolute Gasteiger partial charge is 0.383 e. The first-order valence-corrected chi connectivity index (χ1v) is 2.84. The molecule has 2 N–H and O–H groups in total. The Bertz CT molecular complexity index is 167. The van der Waals surface area contributed by atoms with Crippen molar-refractivity contribution in [2.45, 2.75) is 0 Å². The molecular weight excluding hydrogens is 119 g/mol. The molecule has 3 heteroatoms. The number of nitrogens with zero attached hydrogens (tertiary/aromatic N) is 1. The van der Waals surface area contributed by atoms with Gasteiger partial charge in [0.05, 0.1) is 0 Å². The zero-order valence-corrected chi connectivity index (χ0v) is 5.49. The molecule has 0 aliphatic rings. The molecule has 0 aliphatic heterocycles. The first-order valence-electron chi connectivity index (χ1n) is 2.26. The molecule has 8 heavy (non-hydrogen) atoms. The molecule has 0 amide bonds. The highest BCUT2D eigenvalue weighted by Gasteiger charge is 1.86. The highest BCUT2D eigenvalue weighted by molar-refractivity contribution is 7.28. The first-order chi connectivity index (χ1) is 3.80. The minimum Gasteiger partial charge on any atom is -0.383 e. The molecular formula is C5H7N2P. The lowest BCUT2D eigenvalue weighted by atomic mass is 10.5. The van der Waals surface area contributed by atoms with Gasteiger partial charge in [-0.05, 0) is 12.1 Å². The number of aromatic nitrogens is 1. The summed E-state index contributed by atoms with van der Waals surface area (Å²) in [4.78, 5) is 3.84. The Morgan fingerprint density at radius 1 is 1.62 bits per heavy atom. The van der Waals surface area contributed by atoms with Crippen LogP contribution >= 0.6 is 9.24 Å². The van der Waals surface area contributed by atoms with Gasteiger partial charge in [0.1, 0.15) is 5.82 Å². The lowest BCUT2D eigenvalue weighted by Crippen LogP contribution is -2.02. The predicted molar refractivity (Wildman–Crippen MR) is 38.0 cm³/mol. The summed E-state index contributed by atoms with van der Waals surface area (Å²) in [5, 5.41) is 0.951. The molecule has 0 saturated heterocycles. The van der Waals surface area contributed by atoms with E-state index in [1.54, 1.807) is 6.20 Å². The van der Waals surface area contributed by atoms with Crippen molar-refractivity contribution in [1.29, 1.82) is 0 Å². The van der Waals surface area contributed by atoms with E-state index in [1.807, 2.05) is 12.1 Å². The third-order valence-electron chi connectivity index (χ3n) is 0.871. The molecule has 1 aromatic rings. The lowest BCUT2D eigenvalue weighted by Gasteiger charge is -1.92. The zero-order valence-electron chi connectivity index (χ0n) is 4.33. The highest BCUT2D eigenvalue weighted by atomic mass is 31.0. The minimum absolute atomic E-state index is 0.581. The van der Waals surface area contributed by atoms with Crippen molar-refractivity contribution in [1.82, 2.24) is 4.98 Å². The average molecular weight is 126 g/mol. The molecule has 0 aliphatic carbocycles. The third-order valence-corrected chi connectivity index (χ3v) is 1.36. The van der Waals surface area contributed by atoms with Crippen molar-refractivity contribution < 1.29 is 0 Å². The highest BCUT2D eigenvalue weighted by Crippen LogP contribution is 1.94. The topological polar surface area (TPSA) is 38.9 Å². The number of anilines is 1. The average Bonchev–Trinajstić information content (AvgIpc) is 1.77. The van der Waals surface area contributed by atoms with Gasteiger partial charge in [-0.25, -0.2) is 4.98 Å². The van der Waals surface area contributed by atoms with Gasteiger partial charge in [0, 0.05) is 11.5 Å². The van der Waals surface area contributed by atoms with Gasteiger partial charge in [0.15, 0.2) is 0 Å². The van der Waals surface area contributed by atoms with Gasteiger partial charge in [0.25, 0.3) is 0 Å². The Kier molecular flexibility index (Phi) is 1.45. The van der Waals surface area contributed by atoms with Gasteiger partial charge in [-0.1, -0.05) is 0 Å². The summed E-state index contributed by atoms with van der Waals surface area (Å²) in [6.45, 7) is 0. The summed E-state index contributed by atoms with van der Waals surface area (Å²) in [6.07, 6.45) is 1.67. The molecule has 0 bridgehead atoms. The second kappa shape index (κ2) is 2.10. The van der Waals surface area contributed by atoms with E-state index in [4.69, 9.17) is 5.73 Å². The van der Waals surface area contributed by atoms with E-state index in [0.717, 1.165) is 5.30 Å². The summed E-state index contributed by atoms with van der Waals surface area (Å²) < 4.78 is 0. The molecule has 2 nitrogen and oxygen atoms in total. The molecule has 42 valence electrons. The number of nitrogen functional groups attached to an aromatic ring is 1. The summed E-state index contributed by atoms with van der Waals surface area (Å²) in [5.41, 5.74) is 5.39. The van der Waals surface area contributed by atoms with E-state index >= 15 is 0 Å². The summed E-state index contributed by atoms with van der Waals surface area (Å²) in [7, 11) is 2.50. The molecule has 0 radical (unpaired) electrons. The fraction of sp³-hybridized carbons (Fsp3) is 0. The van der Waals surface area contributed by atoms with E-state index in [9.17, 15) is 0 Å². The molecule has 1 unspecified atom stereocenters. The van der Waals surface area contributed by atoms with Crippen molar-refractivity contribution >= 4 is 20.4 Å². The second-order valence-electron chi connectivity index (χ2n) is 1.48. The SMILES string of the molecule is Nc1ncccc1P. The van der Waals surface area contributed by atoms with Crippen LogP contribution in [-0.2, 0) is 0 Å². The van der Waals surface area contributed by atoms with Crippen molar-refractivity contribution in [2.24, 2.45) is 0 Å². The van der Waals surface area contributed by atoms with E-state index in [1.165, 1.54) is 0 Å². The molecule has 0 fully saturated rings. The number of rotatable bonds is 0. The van der Waals surface area contributed by atoms with Crippen LogP contribution in [0, 0.1) is 0 Å². The smallest absolute Gasteiger partial charge is 0.130 e. The first kappa shape index (κ1) is 5.52. The molecule has 1 atom stereocenters. The van der Waals surface area contributed by atoms with Crippen molar-refractivity contribution in [3.8, 4) is 0 Å². The van der Waals surface area contributed by atoms with Gasteiger partial charge < -0.3 is 5.73 Å². The van der Waals surface area contributed by atoms with E-state index in [0.29, 0.717) is 5.82 Å². The Labute approximate surface area is 50.3 Å². The maximum absolute atomic E-state index is 5.39. The summed E-state index contributed by atoms with van der Waals surface area (Å²) in [6, 6.07) is 3.74. The Balaban J connectivity index is 3.13. The van der Waals surface area contributed by atoms with Crippen LogP contribution < -0.4 is 11.0 Å². The van der Waals surface area contributed by atoms with Gasteiger partial charge in [-0.3, -0.25) is 0 Å². The fourth-order valence-electron chi connectivity index (χ4n) is 0.430. The minimum atomic E-state index is 0.581. The molecule has 1 heterocycles. The lowest BCUT2D eigenvalue weighted by molar-refractivity contribution is 1.36. The van der Waals surface area contributed by atoms with Crippen LogP contribution in [0.15, 0.2) is 18.3 Å². The van der Waals surface area contributed by atoms with Crippen LogP contribution in [0.1, 0.15) is 0 Å². The quantitative estimate of drug-likeness (QED) is 0.503. The van der Waals surface area contributed by atoms with Crippen LogP contribution in [0.4, 0.5) is 5.82 Å². The van der Waals surface area contributed by atoms with Gasteiger partial charge >= 0.3 is 0 Å². The number of pyridine rings is 1. The van der Waals surface area contributed by atoms with Crippen LogP contribution in [0.2, 0.25) is 0 Å². The monoisotopic (exact) mass is 126 g/mol. The summed E-state index contributed by atoms with van der Waals surface area (Å²) in [5.74, 6) is 0.581. The fourth-order valence-corrected chi connectivity index (χ4v) is 0.616. The number of hydrogen-bond donors (Lipinski definition) is 1. The summed E-state index contributed by atoms with van der Waals surface area (Å²) >= 11 is 0. The van der Waals surface area contributed by atoms with Gasteiger partial charge in [0.2, 0.25) is 0 Å². The van der Waals surface area contributed by atoms with E-state index < -0.39 is 0 Å². The standard InChI is InChI=1S/C5H7N2P/c6-5-4(8)2-1-3-7-5/h1-3H,8H2,(H2,6,7). The molecule has 1 aromatic heterocycles. The molecule has 0 aromatic carbocycles. The Morgan fingerprint density at radius 2 is 2.38 bits per heavy atom. The Hall–Kier alpha value is -0.620. The normalized spacial score (nSPS) is 9.12. The molecule has 0 spiro atoms. The number of nitrogens with two attached hydrogens (primary N) is 1. The third kappa shape index (κ3) is 0.958. The maximum atomic E-state index is 5.39. The van der Waals surface area contributed by atoms with Crippen LogP contribution in [-0.4, -0.2) is 4.98 Å². The van der Waals surface area contributed by atoms with E-state index in [-0.39, 0.29) is 0 Å². The van der Waals surface area contributed by atoms with Crippen LogP contribution in [0.25, 0.3) is 0 Å². The Morgan fingerprint density at radius 3 is 2.75 bits per heavy atom. The van der Waals surface area contributed by atoms with Gasteiger partial charge in [-0.15, -0.1) is 9.24 Å². The second-order valence-corrected chi connectivity index (χ2v) is 2.10. The molecule has 1 rings (SSSR count). The number of hydrogen-bond acceptors (Lipinski definition) is 2. The zero-order chi connectivity index (χ0) is 5.98. The van der Waals surface area contributed by atoms with Crippen LogP contribution in [0.3, 0.4) is 0 Å². The maximum Gasteiger partial charge on any atom is 0.130 e. The van der Waals surface area contributed by atoms with Crippen LogP contribution in [0.5, 0.6) is 0 Å². The van der Waals surface area contributed by atoms with E-state index in [2.05, 4.69) is 14.2 Å². The molecule has 0 saturated carbocycles. The predicted octanol–water partition coefficient (Wildman–Crippen LogP) is 0.164. The van der Waals surface area contributed by atoms with Crippen molar-refractivity contribution in [3.05, 3.63) is 18.3 Å². The van der Waals surface area contributed by atoms with Crippen molar-refractivity contribution in [2.75, 3.05) is 5.73 Å².